The van der Waals surface area contributed by atoms with Crippen molar-refractivity contribution in [1.82, 2.24) is 14.8 Å². The zero-order valence-electron chi connectivity index (χ0n) is 20.4. The van der Waals surface area contributed by atoms with E-state index in [1.807, 2.05) is 47.9 Å². The number of thioether (sulfide) groups is 1. The van der Waals surface area contributed by atoms with Gasteiger partial charge in [0, 0.05) is 11.6 Å². The molecule has 1 aromatic heterocycles. The van der Waals surface area contributed by atoms with Crippen LogP contribution < -0.4 is 14.8 Å². The molecule has 1 amide bonds. The smallest absolute Gasteiger partial charge is 0.237 e. The summed E-state index contributed by atoms with van der Waals surface area (Å²) in [6.07, 6.45) is 0. The molecule has 0 aliphatic carbocycles. The number of aryl methyl sites for hydroxylation is 2. The minimum atomic E-state index is -0.455. The summed E-state index contributed by atoms with van der Waals surface area (Å²) in [6, 6.07) is 21.4. The number of benzene rings is 3. The molecule has 4 rings (SSSR count). The third-order valence-corrected chi connectivity index (χ3v) is 6.77. The van der Waals surface area contributed by atoms with Gasteiger partial charge in [0.1, 0.15) is 11.5 Å². The first-order chi connectivity index (χ1) is 16.9. The minimum absolute atomic E-state index is 0.183. The number of carbonyl (C=O) groups is 1. The number of rotatable bonds is 8. The Balaban J connectivity index is 1.65. The van der Waals surface area contributed by atoms with Gasteiger partial charge in [-0.05, 0) is 56.2 Å². The first-order valence-corrected chi connectivity index (χ1v) is 12.1. The van der Waals surface area contributed by atoms with E-state index in [0.717, 1.165) is 17.1 Å². The third-order valence-electron chi connectivity index (χ3n) is 5.73. The van der Waals surface area contributed by atoms with Crippen LogP contribution in [-0.2, 0) is 4.79 Å². The average Bonchev–Trinajstić information content (AvgIpc) is 3.29. The molecule has 0 fully saturated rings. The first kappa shape index (κ1) is 24.3. The van der Waals surface area contributed by atoms with Gasteiger partial charge in [-0.2, -0.15) is 0 Å². The molecule has 0 bridgehead atoms. The number of amides is 1. The van der Waals surface area contributed by atoms with Gasteiger partial charge in [0.15, 0.2) is 11.0 Å². The lowest BCUT2D eigenvalue weighted by Gasteiger charge is -2.16. The van der Waals surface area contributed by atoms with Crippen LogP contribution in [0.25, 0.3) is 17.1 Å². The van der Waals surface area contributed by atoms with Gasteiger partial charge in [-0.15, -0.1) is 10.2 Å². The maximum atomic E-state index is 13.1. The SMILES string of the molecule is COc1ccc(OC)c(NC(=O)C(C)Sc2nnc(-c3ccccc3)n2-c2ccc(C)c(C)c2)c1. The molecule has 1 atom stereocenters. The molecule has 1 N–H and O–H groups in total. The van der Waals surface area contributed by atoms with E-state index in [-0.39, 0.29) is 5.91 Å². The molecular weight excluding hydrogens is 460 g/mol. The lowest BCUT2D eigenvalue weighted by atomic mass is 10.1. The Labute approximate surface area is 209 Å². The Bertz CT molecular complexity index is 1340. The van der Waals surface area contributed by atoms with Crippen molar-refractivity contribution in [3.63, 3.8) is 0 Å². The Morgan fingerprint density at radius 3 is 2.40 bits per heavy atom. The Hall–Kier alpha value is -3.78. The van der Waals surface area contributed by atoms with Gasteiger partial charge in [-0.25, -0.2) is 0 Å². The maximum absolute atomic E-state index is 13.1. The second kappa shape index (κ2) is 10.7. The van der Waals surface area contributed by atoms with Gasteiger partial charge in [-0.3, -0.25) is 9.36 Å². The molecule has 0 aliphatic rings. The summed E-state index contributed by atoms with van der Waals surface area (Å²) in [5.74, 6) is 1.72. The first-order valence-electron chi connectivity index (χ1n) is 11.2. The molecule has 0 spiro atoms. The fraction of sp³-hybridized carbons (Fsp3) is 0.222. The number of ether oxygens (including phenoxy) is 2. The van der Waals surface area contributed by atoms with Crippen molar-refractivity contribution in [2.45, 2.75) is 31.2 Å². The lowest BCUT2D eigenvalue weighted by Crippen LogP contribution is -2.23. The van der Waals surface area contributed by atoms with E-state index in [1.165, 1.54) is 22.9 Å². The number of aromatic nitrogens is 3. The number of anilines is 1. The highest BCUT2D eigenvalue weighted by Gasteiger charge is 2.23. The fourth-order valence-corrected chi connectivity index (χ4v) is 4.44. The number of nitrogens with one attached hydrogen (secondary N) is 1. The summed E-state index contributed by atoms with van der Waals surface area (Å²) in [4.78, 5) is 13.1. The second-order valence-corrected chi connectivity index (χ2v) is 9.40. The van der Waals surface area contributed by atoms with Gasteiger partial charge >= 0.3 is 0 Å². The van der Waals surface area contributed by atoms with E-state index in [1.54, 1.807) is 32.4 Å². The van der Waals surface area contributed by atoms with Crippen LogP contribution in [0.2, 0.25) is 0 Å². The summed E-state index contributed by atoms with van der Waals surface area (Å²) < 4.78 is 12.7. The standard InChI is InChI=1S/C27H28N4O3S/c1-17-11-12-21(15-18(17)2)31-25(20-9-7-6-8-10-20)29-30-27(31)35-19(3)26(32)28-23-16-22(33-4)13-14-24(23)34-5/h6-16,19H,1-5H3,(H,28,32). The van der Waals surface area contributed by atoms with Crippen molar-refractivity contribution in [3.8, 4) is 28.6 Å². The number of nitrogens with zero attached hydrogens (tertiary/aromatic N) is 3. The summed E-state index contributed by atoms with van der Waals surface area (Å²) >= 11 is 1.35. The summed E-state index contributed by atoms with van der Waals surface area (Å²) in [7, 11) is 3.14. The van der Waals surface area contributed by atoms with Crippen molar-refractivity contribution in [2.75, 3.05) is 19.5 Å². The van der Waals surface area contributed by atoms with E-state index in [0.29, 0.717) is 22.3 Å². The predicted octanol–water partition coefficient (Wildman–Crippen LogP) is 5.69. The van der Waals surface area contributed by atoms with Crippen LogP contribution in [0, 0.1) is 13.8 Å². The van der Waals surface area contributed by atoms with E-state index in [2.05, 4.69) is 41.5 Å². The number of hydrogen-bond donors (Lipinski definition) is 1. The molecule has 0 saturated carbocycles. The topological polar surface area (TPSA) is 78.3 Å². The zero-order valence-corrected chi connectivity index (χ0v) is 21.2. The van der Waals surface area contributed by atoms with Crippen molar-refractivity contribution >= 4 is 23.4 Å². The molecule has 1 heterocycles. The Morgan fingerprint density at radius 1 is 0.943 bits per heavy atom. The number of carbonyl (C=O) groups excluding carboxylic acids is 1. The molecule has 8 heteroatoms. The van der Waals surface area contributed by atoms with E-state index < -0.39 is 5.25 Å². The monoisotopic (exact) mass is 488 g/mol. The summed E-state index contributed by atoms with van der Waals surface area (Å²) in [6.45, 7) is 6.00. The molecule has 0 radical (unpaired) electrons. The fourth-order valence-electron chi connectivity index (χ4n) is 3.58. The lowest BCUT2D eigenvalue weighted by molar-refractivity contribution is -0.115. The van der Waals surface area contributed by atoms with Gasteiger partial charge in [0.05, 0.1) is 30.8 Å². The van der Waals surface area contributed by atoms with Crippen LogP contribution in [0.1, 0.15) is 18.1 Å². The van der Waals surface area contributed by atoms with Crippen LogP contribution in [0.4, 0.5) is 5.69 Å². The molecule has 180 valence electrons. The normalized spacial score (nSPS) is 11.7. The molecule has 3 aromatic carbocycles. The van der Waals surface area contributed by atoms with E-state index in [9.17, 15) is 4.79 Å². The molecule has 1 unspecified atom stereocenters. The van der Waals surface area contributed by atoms with Gasteiger partial charge in [0.25, 0.3) is 0 Å². The van der Waals surface area contributed by atoms with Crippen LogP contribution in [0.15, 0.2) is 71.9 Å². The highest BCUT2D eigenvalue weighted by molar-refractivity contribution is 8.00. The summed E-state index contributed by atoms with van der Waals surface area (Å²) in [5, 5.41) is 12.1. The molecule has 0 aliphatic heterocycles. The predicted molar refractivity (Wildman–Crippen MR) is 140 cm³/mol. The molecule has 35 heavy (non-hydrogen) atoms. The quantitative estimate of drug-likeness (QED) is 0.321. The Morgan fingerprint density at radius 2 is 1.71 bits per heavy atom. The summed E-state index contributed by atoms with van der Waals surface area (Å²) in [5.41, 5.74) is 4.81. The molecule has 7 nitrogen and oxygen atoms in total. The van der Waals surface area contributed by atoms with Crippen molar-refractivity contribution in [1.29, 1.82) is 0 Å². The van der Waals surface area contributed by atoms with Gasteiger partial charge < -0.3 is 14.8 Å². The maximum Gasteiger partial charge on any atom is 0.237 e. The van der Waals surface area contributed by atoms with E-state index >= 15 is 0 Å². The van der Waals surface area contributed by atoms with Crippen molar-refractivity contribution < 1.29 is 14.3 Å². The second-order valence-electron chi connectivity index (χ2n) is 8.09. The number of methoxy groups -OCH3 is 2. The average molecular weight is 489 g/mol. The van der Waals surface area contributed by atoms with Gasteiger partial charge in [0.2, 0.25) is 5.91 Å². The van der Waals surface area contributed by atoms with Crippen LogP contribution >= 0.6 is 11.8 Å². The van der Waals surface area contributed by atoms with Crippen LogP contribution in [0.3, 0.4) is 0 Å². The van der Waals surface area contributed by atoms with Crippen LogP contribution in [-0.4, -0.2) is 40.1 Å². The third kappa shape index (κ3) is 5.33. The van der Waals surface area contributed by atoms with Crippen molar-refractivity contribution in [3.05, 3.63) is 77.9 Å². The minimum Gasteiger partial charge on any atom is -0.497 e. The van der Waals surface area contributed by atoms with Gasteiger partial charge in [-0.1, -0.05) is 48.2 Å². The molecular formula is C27H28N4O3S. The molecule has 4 aromatic rings. The van der Waals surface area contributed by atoms with Crippen LogP contribution in [0.5, 0.6) is 11.5 Å². The zero-order chi connectivity index (χ0) is 24.9. The van der Waals surface area contributed by atoms with E-state index in [4.69, 9.17) is 9.47 Å². The highest BCUT2D eigenvalue weighted by Crippen LogP contribution is 2.33. The van der Waals surface area contributed by atoms with Crippen molar-refractivity contribution in [2.24, 2.45) is 0 Å². The number of hydrogen-bond acceptors (Lipinski definition) is 6. The Kier molecular flexibility index (Phi) is 7.41. The highest BCUT2D eigenvalue weighted by atomic mass is 32.2. The largest absolute Gasteiger partial charge is 0.497 e. The molecule has 0 saturated heterocycles.